The third kappa shape index (κ3) is 1.85. The highest BCUT2D eigenvalue weighted by molar-refractivity contribution is 5.94. The third-order valence-electron chi connectivity index (χ3n) is 3.97. The van der Waals surface area contributed by atoms with Crippen molar-refractivity contribution >= 4 is 11.9 Å². The summed E-state index contributed by atoms with van der Waals surface area (Å²) in [6.45, 7) is 7.40. The fraction of sp³-hybridized carbons (Fsp3) is 0.467. The van der Waals surface area contributed by atoms with E-state index in [4.69, 9.17) is 14.2 Å². The van der Waals surface area contributed by atoms with Crippen LogP contribution in [0.1, 0.15) is 12.8 Å². The number of fused-ring (bicyclic) bond motifs is 1. The molecule has 2 rings (SSSR count). The molecular weight excluding hydrogens is 260 g/mol. The van der Waals surface area contributed by atoms with Crippen molar-refractivity contribution in [3.05, 3.63) is 36.6 Å². The van der Waals surface area contributed by atoms with Gasteiger partial charge in [-0.25, -0.2) is 4.79 Å². The summed E-state index contributed by atoms with van der Waals surface area (Å²) in [5.74, 6) is -0.823. The van der Waals surface area contributed by atoms with E-state index < -0.39 is 17.4 Å². The van der Waals surface area contributed by atoms with Gasteiger partial charge in [-0.2, -0.15) is 0 Å². The predicted molar refractivity (Wildman–Crippen MR) is 71.5 cm³/mol. The van der Waals surface area contributed by atoms with Crippen LogP contribution in [0.5, 0.6) is 0 Å². The number of hydrogen-bond donors (Lipinski definition) is 0. The Hall–Kier alpha value is -2.04. The van der Waals surface area contributed by atoms with Gasteiger partial charge in [0.05, 0.1) is 19.8 Å². The van der Waals surface area contributed by atoms with Crippen molar-refractivity contribution in [3.8, 4) is 0 Å². The molecule has 1 fully saturated rings. The molecule has 5 nitrogen and oxygen atoms in total. The van der Waals surface area contributed by atoms with Crippen LogP contribution in [0.4, 0.5) is 0 Å². The second kappa shape index (κ2) is 5.15. The summed E-state index contributed by atoms with van der Waals surface area (Å²) in [4.78, 5) is 24.2. The standard InChI is InChI=1S/C15H18O5/c1-5-9-7-15(14(17)19-4)8-10(6-2)20-12(15)11(9)13(16)18-3/h5-6,9-10H,1-2,7-8H2,3-4H3/t9-,10-,15-/m0/s1. The van der Waals surface area contributed by atoms with E-state index in [-0.39, 0.29) is 12.0 Å². The van der Waals surface area contributed by atoms with E-state index >= 15 is 0 Å². The Morgan fingerprint density at radius 1 is 1.25 bits per heavy atom. The molecule has 108 valence electrons. The van der Waals surface area contributed by atoms with E-state index in [0.717, 1.165) is 0 Å². The van der Waals surface area contributed by atoms with Crippen LogP contribution in [0.25, 0.3) is 0 Å². The van der Waals surface area contributed by atoms with Gasteiger partial charge < -0.3 is 14.2 Å². The van der Waals surface area contributed by atoms with Crippen LogP contribution < -0.4 is 0 Å². The fourth-order valence-electron chi connectivity index (χ4n) is 3.03. The number of methoxy groups -OCH3 is 2. The van der Waals surface area contributed by atoms with Crippen LogP contribution >= 0.6 is 0 Å². The molecule has 0 N–H and O–H groups in total. The first kappa shape index (κ1) is 14.4. The molecule has 0 unspecified atom stereocenters. The molecule has 3 atom stereocenters. The van der Waals surface area contributed by atoms with Gasteiger partial charge in [0, 0.05) is 12.3 Å². The number of allylic oxidation sites excluding steroid dienone is 1. The maximum atomic E-state index is 12.2. The molecule has 20 heavy (non-hydrogen) atoms. The molecule has 1 saturated heterocycles. The van der Waals surface area contributed by atoms with Crippen LogP contribution in [0.2, 0.25) is 0 Å². The second-order valence-corrected chi connectivity index (χ2v) is 4.95. The van der Waals surface area contributed by atoms with Crippen LogP contribution in [0, 0.1) is 11.3 Å². The van der Waals surface area contributed by atoms with Crippen LogP contribution in [0.15, 0.2) is 36.6 Å². The zero-order chi connectivity index (χ0) is 14.9. The highest BCUT2D eigenvalue weighted by atomic mass is 16.5. The lowest BCUT2D eigenvalue weighted by Crippen LogP contribution is -2.30. The SMILES string of the molecule is C=C[C@H]1C[C@@]2(C(=O)OC)C[C@H](C=C)C(C(=O)OC)=C2O1. The maximum Gasteiger partial charge on any atom is 0.337 e. The number of hydrogen-bond acceptors (Lipinski definition) is 5. The van der Waals surface area contributed by atoms with Crippen molar-refractivity contribution in [2.75, 3.05) is 14.2 Å². The van der Waals surface area contributed by atoms with Gasteiger partial charge in [-0.15, -0.1) is 6.58 Å². The highest BCUT2D eigenvalue weighted by Gasteiger charge is 2.59. The first-order valence-corrected chi connectivity index (χ1v) is 6.37. The van der Waals surface area contributed by atoms with Gasteiger partial charge in [0.25, 0.3) is 0 Å². The molecule has 2 aliphatic rings. The van der Waals surface area contributed by atoms with E-state index in [2.05, 4.69) is 13.2 Å². The number of carbonyl (C=O) groups excluding carboxylic acids is 2. The molecule has 0 spiro atoms. The Balaban J connectivity index is 2.57. The minimum Gasteiger partial charge on any atom is -0.489 e. The van der Waals surface area contributed by atoms with E-state index in [1.807, 2.05) is 0 Å². The normalized spacial score (nSPS) is 31.3. The molecule has 1 heterocycles. The largest absolute Gasteiger partial charge is 0.489 e. The number of rotatable bonds is 4. The first-order chi connectivity index (χ1) is 9.53. The smallest absolute Gasteiger partial charge is 0.337 e. The van der Waals surface area contributed by atoms with Crippen molar-refractivity contribution < 1.29 is 23.8 Å². The molecule has 0 aromatic rings. The minimum atomic E-state index is -0.935. The summed E-state index contributed by atoms with van der Waals surface area (Å²) in [5, 5.41) is 0. The topological polar surface area (TPSA) is 61.8 Å². The molecule has 1 aliphatic carbocycles. The Morgan fingerprint density at radius 3 is 2.45 bits per heavy atom. The Labute approximate surface area is 117 Å². The van der Waals surface area contributed by atoms with Gasteiger partial charge in [-0.05, 0) is 6.42 Å². The first-order valence-electron chi connectivity index (χ1n) is 6.37. The van der Waals surface area contributed by atoms with Crippen molar-refractivity contribution in [1.82, 2.24) is 0 Å². The minimum absolute atomic E-state index is 0.276. The summed E-state index contributed by atoms with van der Waals surface area (Å²) >= 11 is 0. The summed E-state index contributed by atoms with van der Waals surface area (Å²) < 4.78 is 15.5. The average Bonchev–Trinajstić information content (AvgIpc) is 2.98. The van der Waals surface area contributed by atoms with Gasteiger partial charge in [0.1, 0.15) is 17.3 Å². The molecule has 0 aromatic heterocycles. The molecule has 0 amide bonds. The third-order valence-corrected chi connectivity index (χ3v) is 3.97. The molecule has 1 aliphatic heterocycles. The lowest BCUT2D eigenvalue weighted by molar-refractivity contribution is -0.150. The zero-order valence-electron chi connectivity index (χ0n) is 11.7. The van der Waals surface area contributed by atoms with Crippen LogP contribution in [-0.4, -0.2) is 32.3 Å². The molecule has 0 saturated carbocycles. The summed E-state index contributed by atoms with van der Waals surface area (Å²) in [7, 11) is 2.63. The van der Waals surface area contributed by atoms with E-state index in [9.17, 15) is 9.59 Å². The zero-order valence-corrected chi connectivity index (χ0v) is 11.7. The van der Waals surface area contributed by atoms with Crippen LogP contribution in [0.3, 0.4) is 0 Å². The molecule has 0 bridgehead atoms. The molecule has 5 heteroatoms. The summed E-state index contributed by atoms with van der Waals surface area (Å²) in [5.41, 5.74) is -0.576. The predicted octanol–water partition coefficient (Wildman–Crippen LogP) is 1.75. The van der Waals surface area contributed by atoms with Crippen molar-refractivity contribution in [3.63, 3.8) is 0 Å². The van der Waals surface area contributed by atoms with E-state index in [1.165, 1.54) is 14.2 Å². The van der Waals surface area contributed by atoms with Gasteiger partial charge in [-0.3, -0.25) is 4.79 Å². The lowest BCUT2D eigenvalue weighted by Gasteiger charge is -2.21. The maximum absolute atomic E-state index is 12.2. The molecular formula is C15H18O5. The Bertz CT molecular complexity index is 504. The van der Waals surface area contributed by atoms with Gasteiger partial charge >= 0.3 is 11.9 Å². The van der Waals surface area contributed by atoms with Crippen molar-refractivity contribution in [1.29, 1.82) is 0 Å². The molecule has 0 aromatic carbocycles. The fourth-order valence-corrected chi connectivity index (χ4v) is 3.03. The quantitative estimate of drug-likeness (QED) is 0.579. The Kier molecular flexibility index (Phi) is 3.70. The van der Waals surface area contributed by atoms with Crippen molar-refractivity contribution in [2.24, 2.45) is 11.3 Å². The van der Waals surface area contributed by atoms with Crippen LogP contribution in [-0.2, 0) is 23.8 Å². The summed E-state index contributed by atoms with van der Waals surface area (Å²) in [6, 6.07) is 0. The number of esters is 2. The average molecular weight is 278 g/mol. The van der Waals surface area contributed by atoms with Gasteiger partial charge in [0.15, 0.2) is 0 Å². The molecule has 0 radical (unpaired) electrons. The lowest BCUT2D eigenvalue weighted by atomic mass is 9.81. The Morgan fingerprint density at radius 2 is 1.95 bits per heavy atom. The monoisotopic (exact) mass is 278 g/mol. The summed E-state index contributed by atoms with van der Waals surface area (Å²) in [6.07, 6.45) is 3.77. The van der Waals surface area contributed by atoms with Gasteiger partial charge in [-0.1, -0.05) is 18.7 Å². The number of ether oxygens (including phenoxy) is 3. The van der Waals surface area contributed by atoms with Crippen molar-refractivity contribution in [2.45, 2.75) is 18.9 Å². The number of carbonyl (C=O) groups is 2. The van der Waals surface area contributed by atoms with E-state index in [0.29, 0.717) is 24.2 Å². The second-order valence-electron chi connectivity index (χ2n) is 4.95. The van der Waals surface area contributed by atoms with Gasteiger partial charge in [0.2, 0.25) is 0 Å². The highest BCUT2D eigenvalue weighted by Crippen LogP contribution is 2.56. The van der Waals surface area contributed by atoms with E-state index in [1.54, 1.807) is 12.2 Å².